The Morgan fingerprint density at radius 3 is 2.83 bits per heavy atom. The zero-order valence-electron chi connectivity index (χ0n) is 11.4. The number of benzene rings is 1. The van der Waals surface area contributed by atoms with Gasteiger partial charge in [-0.2, -0.15) is 0 Å². The highest BCUT2D eigenvalue weighted by Gasteiger charge is 2.03. The maximum absolute atomic E-state index is 13.0. The molecule has 0 saturated carbocycles. The Balaban J connectivity index is 2.12. The zero-order valence-corrected chi connectivity index (χ0v) is 11.4. The van der Waals surface area contributed by atoms with E-state index in [9.17, 15) is 4.39 Å². The highest BCUT2D eigenvalue weighted by atomic mass is 19.1. The number of methoxy groups -OCH3 is 1. The van der Waals surface area contributed by atoms with Crippen LogP contribution in [0, 0.1) is 5.82 Å². The van der Waals surface area contributed by atoms with Gasteiger partial charge in [-0.15, -0.1) is 0 Å². The molecule has 0 aromatic heterocycles. The number of ether oxygens (including phenoxy) is 1. The molecule has 1 aromatic carbocycles. The summed E-state index contributed by atoms with van der Waals surface area (Å²) in [5, 5.41) is 3.46. The van der Waals surface area contributed by atoms with Gasteiger partial charge in [0.1, 0.15) is 5.82 Å². The first-order valence-corrected chi connectivity index (χ1v) is 6.69. The van der Waals surface area contributed by atoms with Crippen LogP contribution in [-0.4, -0.2) is 26.3 Å². The first-order chi connectivity index (χ1) is 8.72. The van der Waals surface area contributed by atoms with Crippen LogP contribution in [0.4, 0.5) is 4.39 Å². The van der Waals surface area contributed by atoms with Gasteiger partial charge in [-0.1, -0.05) is 12.1 Å². The van der Waals surface area contributed by atoms with E-state index < -0.39 is 0 Å². The van der Waals surface area contributed by atoms with Gasteiger partial charge in [-0.3, -0.25) is 0 Å². The summed E-state index contributed by atoms with van der Waals surface area (Å²) in [4.78, 5) is 0. The lowest BCUT2D eigenvalue weighted by atomic mass is 10.1. The van der Waals surface area contributed by atoms with Crippen LogP contribution in [0.1, 0.15) is 31.7 Å². The Hall–Kier alpha value is -0.930. The number of hydrogen-bond acceptors (Lipinski definition) is 2. The first kappa shape index (κ1) is 15.1. The maximum atomic E-state index is 13.0. The molecule has 18 heavy (non-hydrogen) atoms. The second kappa shape index (κ2) is 9.06. The molecule has 1 rings (SSSR count). The van der Waals surface area contributed by atoms with Crippen molar-refractivity contribution in [3.8, 4) is 0 Å². The van der Waals surface area contributed by atoms with Crippen molar-refractivity contribution in [3.05, 3.63) is 35.6 Å². The molecular formula is C15H24FNO. The maximum Gasteiger partial charge on any atom is 0.123 e. The molecule has 0 aliphatic rings. The third kappa shape index (κ3) is 6.72. The zero-order chi connectivity index (χ0) is 13.2. The molecule has 2 nitrogen and oxygen atoms in total. The van der Waals surface area contributed by atoms with Gasteiger partial charge in [0.05, 0.1) is 0 Å². The average Bonchev–Trinajstić information content (AvgIpc) is 2.33. The molecule has 0 aliphatic heterocycles. The molecule has 102 valence electrons. The van der Waals surface area contributed by atoms with Crippen molar-refractivity contribution < 1.29 is 9.13 Å². The number of unbranched alkanes of at least 4 members (excludes halogenated alkanes) is 2. The van der Waals surface area contributed by atoms with Gasteiger partial charge in [0, 0.05) is 19.8 Å². The fourth-order valence-corrected chi connectivity index (χ4v) is 1.99. The van der Waals surface area contributed by atoms with Crippen LogP contribution in [0.15, 0.2) is 24.3 Å². The largest absolute Gasteiger partial charge is 0.385 e. The van der Waals surface area contributed by atoms with Gasteiger partial charge >= 0.3 is 0 Å². The number of halogens is 1. The molecule has 1 N–H and O–H groups in total. The SMILES string of the molecule is COCCCCCNC(C)Cc1cccc(F)c1. The van der Waals surface area contributed by atoms with Crippen molar-refractivity contribution in [2.45, 2.75) is 38.6 Å². The van der Waals surface area contributed by atoms with Gasteiger partial charge < -0.3 is 10.1 Å². The molecule has 1 aromatic rings. The highest BCUT2D eigenvalue weighted by Crippen LogP contribution is 2.06. The van der Waals surface area contributed by atoms with Gasteiger partial charge in [-0.05, 0) is 56.8 Å². The van der Waals surface area contributed by atoms with Gasteiger partial charge in [0.2, 0.25) is 0 Å². The topological polar surface area (TPSA) is 21.3 Å². The normalized spacial score (nSPS) is 12.6. The summed E-state index contributed by atoms with van der Waals surface area (Å²) in [5.74, 6) is -0.153. The predicted molar refractivity (Wildman–Crippen MR) is 73.3 cm³/mol. The molecule has 0 amide bonds. The summed E-state index contributed by atoms with van der Waals surface area (Å²) in [6, 6.07) is 7.21. The lowest BCUT2D eigenvalue weighted by molar-refractivity contribution is 0.192. The Morgan fingerprint density at radius 1 is 1.28 bits per heavy atom. The summed E-state index contributed by atoms with van der Waals surface area (Å²) < 4.78 is 18.0. The molecule has 0 saturated heterocycles. The van der Waals surface area contributed by atoms with Crippen molar-refractivity contribution >= 4 is 0 Å². The van der Waals surface area contributed by atoms with E-state index in [0.29, 0.717) is 6.04 Å². The number of hydrogen-bond donors (Lipinski definition) is 1. The lowest BCUT2D eigenvalue weighted by Gasteiger charge is -2.13. The molecule has 0 bridgehead atoms. The van der Waals surface area contributed by atoms with Crippen LogP contribution < -0.4 is 5.32 Å². The van der Waals surface area contributed by atoms with Crippen LogP contribution in [0.5, 0.6) is 0 Å². The fraction of sp³-hybridized carbons (Fsp3) is 0.600. The fourth-order valence-electron chi connectivity index (χ4n) is 1.99. The minimum absolute atomic E-state index is 0.153. The Morgan fingerprint density at radius 2 is 2.11 bits per heavy atom. The van der Waals surface area contributed by atoms with Crippen molar-refractivity contribution in [3.63, 3.8) is 0 Å². The molecule has 0 radical (unpaired) electrons. The molecule has 3 heteroatoms. The number of rotatable bonds is 9. The van der Waals surface area contributed by atoms with Gasteiger partial charge in [0.25, 0.3) is 0 Å². The molecular weight excluding hydrogens is 229 g/mol. The van der Waals surface area contributed by atoms with E-state index >= 15 is 0 Å². The van der Waals surface area contributed by atoms with E-state index in [-0.39, 0.29) is 5.82 Å². The monoisotopic (exact) mass is 253 g/mol. The minimum Gasteiger partial charge on any atom is -0.385 e. The van der Waals surface area contributed by atoms with E-state index in [0.717, 1.165) is 38.0 Å². The molecule has 0 heterocycles. The smallest absolute Gasteiger partial charge is 0.123 e. The summed E-state index contributed by atoms with van der Waals surface area (Å²) >= 11 is 0. The lowest BCUT2D eigenvalue weighted by Crippen LogP contribution is -2.29. The van der Waals surface area contributed by atoms with Gasteiger partial charge in [-0.25, -0.2) is 4.39 Å². The summed E-state index contributed by atoms with van der Waals surface area (Å²) in [6.07, 6.45) is 4.34. The highest BCUT2D eigenvalue weighted by molar-refractivity contribution is 5.17. The Bertz CT molecular complexity index is 330. The minimum atomic E-state index is -0.153. The number of nitrogens with one attached hydrogen (secondary N) is 1. The third-order valence-corrected chi connectivity index (χ3v) is 2.95. The van der Waals surface area contributed by atoms with E-state index in [1.807, 2.05) is 6.07 Å². The van der Waals surface area contributed by atoms with Crippen LogP contribution in [0.3, 0.4) is 0 Å². The second-order valence-corrected chi connectivity index (χ2v) is 4.74. The van der Waals surface area contributed by atoms with E-state index in [1.165, 1.54) is 12.5 Å². The summed E-state index contributed by atoms with van der Waals surface area (Å²) in [7, 11) is 1.74. The van der Waals surface area contributed by atoms with Gasteiger partial charge in [0.15, 0.2) is 0 Å². The molecule has 1 unspecified atom stereocenters. The molecule has 1 atom stereocenters. The third-order valence-electron chi connectivity index (χ3n) is 2.95. The van der Waals surface area contributed by atoms with Crippen molar-refractivity contribution in [1.82, 2.24) is 5.32 Å². The van der Waals surface area contributed by atoms with Crippen LogP contribution in [-0.2, 0) is 11.2 Å². The van der Waals surface area contributed by atoms with Crippen LogP contribution >= 0.6 is 0 Å². The van der Waals surface area contributed by atoms with E-state index in [1.54, 1.807) is 19.2 Å². The predicted octanol–water partition coefficient (Wildman–Crippen LogP) is 3.16. The van der Waals surface area contributed by atoms with Crippen LogP contribution in [0.25, 0.3) is 0 Å². The standard InChI is InChI=1S/C15H24FNO/c1-13(17-9-4-3-5-10-18-2)11-14-7-6-8-15(16)12-14/h6-8,12-13,17H,3-5,9-11H2,1-2H3. The quantitative estimate of drug-likeness (QED) is 0.683. The van der Waals surface area contributed by atoms with E-state index in [2.05, 4.69) is 12.2 Å². The van der Waals surface area contributed by atoms with Crippen molar-refractivity contribution in [2.24, 2.45) is 0 Å². The first-order valence-electron chi connectivity index (χ1n) is 6.69. The average molecular weight is 253 g/mol. The van der Waals surface area contributed by atoms with Crippen molar-refractivity contribution in [1.29, 1.82) is 0 Å². The molecule has 0 aliphatic carbocycles. The molecule has 0 spiro atoms. The summed E-state index contributed by atoms with van der Waals surface area (Å²) in [6.45, 7) is 4.00. The van der Waals surface area contributed by atoms with Crippen molar-refractivity contribution in [2.75, 3.05) is 20.3 Å². The Labute approximate surface area is 110 Å². The van der Waals surface area contributed by atoms with E-state index in [4.69, 9.17) is 4.74 Å². The second-order valence-electron chi connectivity index (χ2n) is 4.74. The van der Waals surface area contributed by atoms with Crippen LogP contribution in [0.2, 0.25) is 0 Å². The summed E-state index contributed by atoms with van der Waals surface area (Å²) in [5.41, 5.74) is 1.05. The molecule has 0 fully saturated rings. The Kier molecular flexibility index (Phi) is 7.62.